The summed E-state index contributed by atoms with van der Waals surface area (Å²) < 4.78 is 32.5. The van der Waals surface area contributed by atoms with Gasteiger partial charge in [-0.1, -0.05) is 36.4 Å². The van der Waals surface area contributed by atoms with Gasteiger partial charge in [0.1, 0.15) is 12.7 Å². The first-order valence-corrected chi connectivity index (χ1v) is 10.0. The van der Waals surface area contributed by atoms with Gasteiger partial charge in [0.25, 0.3) is 5.56 Å². The van der Waals surface area contributed by atoms with Crippen LogP contribution in [0.3, 0.4) is 0 Å². The predicted octanol–water partition coefficient (Wildman–Crippen LogP) is 1.85. The van der Waals surface area contributed by atoms with Gasteiger partial charge in [0, 0.05) is 12.3 Å². The first-order chi connectivity index (χ1) is 15.9. The minimum Gasteiger partial charge on any atom is -0.459 e. The number of alkyl halides is 1. The van der Waals surface area contributed by atoms with E-state index in [0.717, 1.165) is 16.8 Å². The lowest BCUT2D eigenvalue weighted by atomic mass is 10.1. The number of hydrogen-bond acceptors (Lipinski definition) is 7. The fourth-order valence-electron chi connectivity index (χ4n) is 3.40. The summed E-state index contributed by atoms with van der Waals surface area (Å²) in [6.45, 7) is -0.435. The first-order valence-electron chi connectivity index (χ1n) is 10.0. The number of ether oxygens (including phenoxy) is 3. The van der Waals surface area contributed by atoms with Crippen LogP contribution in [0, 0.1) is 0 Å². The third-order valence-corrected chi connectivity index (χ3v) is 5.03. The highest BCUT2D eigenvalue weighted by atomic mass is 19.1. The molecular formula is C23H19FN2O7. The van der Waals surface area contributed by atoms with Crippen molar-refractivity contribution in [2.45, 2.75) is 24.6 Å². The van der Waals surface area contributed by atoms with Crippen LogP contribution in [-0.4, -0.2) is 46.5 Å². The molecule has 0 spiro atoms. The van der Waals surface area contributed by atoms with E-state index in [1.54, 1.807) is 48.5 Å². The molecule has 1 N–H and O–H groups in total. The number of nitrogens with one attached hydrogen (secondary N) is 1. The Labute approximate surface area is 186 Å². The summed E-state index contributed by atoms with van der Waals surface area (Å²) in [5.41, 5.74) is -1.09. The van der Waals surface area contributed by atoms with Crippen LogP contribution in [0.4, 0.5) is 4.39 Å². The molecule has 10 heteroatoms. The maximum Gasteiger partial charge on any atom is 0.338 e. The van der Waals surface area contributed by atoms with E-state index in [1.807, 2.05) is 4.98 Å². The lowest BCUT2D eigenvalue weighted by Crippen LogP contribution is -2.38. The summed E-state index contributed by atoms with van der Waals surface area (Å²) in [4.78, 5) is 50.4. The number of benzene rings is 2. The van der Waals surface area contributed by atoms with Crippen LogP contribution in [0.2, 0.25) is 0 Å². The number of esters is 2. The molecule has 2 aromatic carbocycles. The van der Waals surface area contributed by atoms with Crippen LogP contribution >= 0.6 is 0 Å². The number of rotatable bonds is 6. The number of carbonyl (C=O) groups is 2. The largest absolute Gasteiger partial charge is 0.459 e. The second-order valence-corrected chi connectivity index (χ2v) is 7.23. The average Bonchev–Trinajstić information content (AvgIpc) is 3.13. The van der Waals surface area contributed by atoms with Gasteiger partial charge in [-0.3, -0.25) is 14.3 Å². The van der Waals surface area contributed by atoms with Gasteiger partial charge in [0.15, 0.2) is 18.5 Å². The Morgan fingerprint density at radius 3 is 2.15 bits per heavy atom. The van der Waals surface area contributed by atoms with Crippen LogP contribution < -0.4 is 11.2 Å². The monoisotopic (exact) mass is 454 g/mol. The van der Waals surface area contributed by atoms with Crippen LogP contribution in [0.15, 0.2) is 82.5 Å². The van der Waals surface area contributed by atoms with Gasteiger partial charge in [-0.25, -0.2) is 18.8 Å². The summed E-state index contributed by atoms with van der Waals surface area (Å²) in [5.74, 6) is -1.48. The molecular weight excluding hydrogens is 435 g/mol. The van der Waals surface area contributed by atoms with E-state index in [-0.39, 0.29) is 11.1 Å². The highest BCUT2D eigenvalue weighted by Crippen LogP contribution is 2.33. The molecule has 1 fully saturated rings. The highest BCUT2D eigenvalue weighted by molar-refractivity contribution is 5.90. The molecule has 2 heterocycles. The molecule has 0 amide bonds. The van der Waals surface area contributed by atoms with E-state index in [1.165, 1.54) is 12.1 Å². The first kappa shape index (κ1) is 22.2. The van der Waals surface area contributed by atoms with Crippen molar-refractivity contribution in [3.05, 3.63) is 105 Å². The van der Waals surface area contributed by atoms with Gasteiger partial charge in [-0.2, -0.15) is 0 Å². The van der Waals surface area contributed by atoms with Crippen LogP contribution in [0.1, 0.15) is 26.9 Å². The van der Waals surface area contributed by atoms with E-state index in [0.29, 0.717) is 0 Å². The zero-order valence-corrected chi connectivity index (χ0v) is 17.1. The molecule has 1 aromatic heterocycles. The Bertz CT molecular complexity index is 1240. The van der Waals surface area contributed by atoms with Gasteiger partial charge < -0.3 is 14.2 Å². The van der Waals surface area contributed by atoms with Crippen molar-refractivity contribution in [1.82, 2.24) is 9.55 Å². The quantitative estimate of drug-likeness (QED) is 0.565. The lowest BCUT2D eigenvalue weighted by molar-refractivity contribution is -0.0592. The summed E-state index contributed by atoms with van der Waals surface area (Å²) in [6.07, 6.45) is -5.10. The van der Waals surface area contributed by atoms with Crippen LogP contribution in [-0.2, 0) is 14.2 Å². The fraction of sp³-hybridized carbons (Fsp3) is 0.217. The van der Waals surface area contributed by atoms with Crippen molar-refractivity contribution in [3.8, 4) is 0 Å². The van der Waals surface area contributed by atoms with E-state index in [4.69, 9.17) is 14.2 Å². The van der Waals surface area contributed by atoms with Gasteiger partial charge in [-0.15, -0.1) is 0 Å². The molecule has 0 aliphatic carbocycles. The standard InChI is InChI=1S/C23H19FN2O7/c24-18-19(33-22(29)15-9-5-2-6-10-15)16(13-31-21(28)14-7-3-1-4-8-14)32-20(18)26-12-11-17(27)25-23(26)30/h1-12,16,18-20H,13H2,(H,25,27,30)/t16-,18-,19+,20+/m0/s1. The second kappa shape index (κ2) is 9.61. The molecule has 4 atom stereocenters. The number of aromatic nitrogens is 2. The number of halogens is 1. The molecule has 0 saturated carbocycles. The summed E-state index contributed by atoms with van der Waals surface area (Å²) in [5, 5.41) is 0. The molecule has 1 aliphatic rings. The van der Waals surface area contributed by atoms with Gasteiger partial charge in [-0.05, 0) is 24.3 Å². The van der Waals surface area contributed by atoms with E-state index in [2.05, 4.69) is 0 Å². The van der Waals surface area contributed by atoms with Crippen LogP contribution in [0.5, 0.6) is 0 Å². The van der Waals surface area contributed by atoms with Crippen LogP contribution in [0.25, 0.3) is 0 Å². The number of hydrogen-bond donors (Lipinski definition) is 1. The van der Waals surface area contributed by atoms with Gasteiger partial charge >= 0.3 is 17.6 Å². The van der Waals surface area contributed by atoms with Crippen molar-refractivity contribution >= 4 is 11.9 Å². The SMILES string of the molecule is O=C(OC[C@@H]1O[C@@H](n2ccc(=O)[nH]c2=O)[C@@H](F)[C@@H]1OC(=O)c1ccccc1)c1ccccc1. The van der Waals surface area contributed by atoms with Crippen molar-refractivity contribution in [1.29, 1.82) is 0 Å². The Balaban J connectivity index is 1.56. The molecule has 4 rings (SSSR count). The number of nitrogens with zero attached hydrogens (tertiary/aromatic N) is 1. The minimum absolute atomic E-state index is 0.189. The molecule has 0 radical (unpaired) electrons. The Morgan fingerprint density at radius 2 is 1.55 bits per heavy atom. The maximum absolute atomic E-state index is 15.4. The summed E-state index contributed by atoms with van der Waals surface area (Å²) in [6, 6.07) is 17.1. The normalized spacial score (nSPS) is 22.0. The van der Waals surface area contributed by atoms with Gasteiger partial charge in [0.2, 0.25) is 0 Å². The summed E-state index contributed by atoms with van der Waals surface area (Å²) in [7, 11) is 0. The van der Waals surface area contributed by atoms with Gasteiger partial charge in [0.05, 0.1) is 11.1 Å². The number of aromatic amines is 1. The van der Waals surface area contributed by atoms with Crippen molar-refractivity contribution < 1.29 is 28.2 Å². The number of carbonyl (C=O) groups excluding carboxylic acids is 2. The zero-order chi connectivity index (χ0) is 23.4. The van der Waals surface area contributed by atoms with E-state index < -0.39 is 54.4 Å². The maximum atomic E-state index is 15.4. The third kappa shape index (κ3) is 4.90. The molecule has 1 saturated heterocycles. The van der Waals surface area contributed by atoms with E-state index in [9.17, 15) is 19.2 Å². The Kier molecular flexibility index (Phi) is 6.45. The van der Waals surface area contributed by atoms with Crippen molar-refractivity contribution in [3.63, 3.8) is 0 Å². The minimum atomic E-state index is -1.98. The van der Waals surface area contributed by atoms with E-state index >= 15 is 4.39 Å². The fourth-order valence-corrected chi connectivity index (χ4v) is 3.40. The number of H-pyrrole nitrogens is 1. The molecule has 170 valence electrons. The topological polar surface area (TPSA) is 117 Å². The molecule has 0 unspecified atom stereocenters. The highest BCUT2D eigenvalue weighted by Gasteiger charge is 2.49. The zero-order valence-electron chi connectivity index (χ0n) is 17.1. The Morgan fingerprint density at radius 1 is 0.939 bits per heavy atom. The molecule has 33 heavy (non-hydrogen) atoms. The van der Waals surface area contributed by atoms with Crippen molar-refractivity contribution in [2.75, 3.05) is 6.61 Å². The predicted molar refractivity (Wildman–Crippen MR) is 112 cm³/mol. The summed E-state index contributed by atoms with van der Waals surface area (Å²) >= 11 is 0. The molecule has 1 aliphatic heterocycles. The smallest absolute Gasteiger partial charge is 0.338 e. The average molecular weight is 454 g/mol. The lowest BCUT2D eigenvalue weighted by Gasteiger charge is -2.19. The molecule has 3 aromatic rings. The third-order valence-electron chi connectivity index (χ3n) is 5.03. The Hall–Kier alpha value is -4.05. The second-order valence-electron chi connectivity index (χ2n) is 7.23. The molecule has 0 bridgehead atoms. The molecule has 9 nitrogen and oxygen atoms in total. The van der Waals surface area contributed by atoms with Crippen molar-refractivity contribution in [2.24, 2.45) is 0 Å².